The zero-order valence-corrected chi connectivity index (χ0v) is 24.4. The molecule has 6 heteroatoms. The molecule has 4 aliphatic rings. The zero-order chi connectivity index (χ0) is 28.2. The van der Waals surface area contributed by atoms with Crippen molar-refractivity contribution in [3.05, 3.63) is 34.9 Å². The Labute approximate surface area is 228 Å². The summed E-state index contributed by atoms with van der Waals surface area (Å²) in [5, 5.41) is 22.8. The number of aliphatic hydroxyl groups excluding tert-OH is 2. The highest BCUT2D eigenvalue weighted by Gasteiger charge is 2.70. The van der Waals surface area contributed by atoms with E-state index in [4.69, 9.17) is 10.5 Å². The second kappa shape index (κ2) is 10.3. The van der Waals surface area contributed by atoms with Crippen molar-refractivity contribution in [3.63, 3.8) is 0 Å². The lowest BCUT2D eigenvalue weighted by Gasteiger charge is -2.69. The third kappa shape index (κ3) is 4.45. The molecule has 10 atom stereocenters. The van der Waals surface area contributed by atoms with Gasteiger partial charge in [-0.1, -0.05) is 44.6 Å². The number of hydrogen-bond donors (Lipinski definition) is 3. The van der Waals surface area contributed by atoms with E-state index in [2.05, 4.69) is 20.8 Å². The van der Waals surface area contributed by atoms with E-state index in [0.717, 1.165) is 30.4 Å². The first-order chi connectivity index (χ1) is 17.7. The lowest BCUT2D eigenvalue weighted by atomic mass is 9.36. The maximum Gasteiger partial charge on any atom is 0.303 e. The topological polar surface area (TPSA) is 110 Å². The second-order valence-electron chi connectivity index (χ2n) is 13.7. The van der Waals surface area contributed by atoms with Crippen molar-refractivity contribution in [2.24, 2.45) is 45.7 Å². The maximum atomic E-state index is 13.0. The summed E-state index contributed by atoms with van der Waals surface area (Å²) in [7, 11) is 0. The van der Waals surface area contributed by atoms with Gasteiger partial charge in [-0.05, 0) is 105 Å². The summed E-state index contributed by atoms with van der Waals surface area (Å²) in [4.78, 5) is 25.3. The molecule has 4 fully saturated rings. The van der Waals surface area contributed by atoms with E-state index in [-0.39, 0.29) is 57.8 Å². The minimum Gasteiger partial charge on any atom is -0.458 e. The van der Waals surface area contributed by atoms with Crippen LogP contribution in [0, 0.1) is 39.9 Å². The second-order valence-corrected chi connectivity index (χ2v) is 13.7. The van der Waals surface area contributed by atoms with Crippen LogP contribution in [0.3, 0.4) is 0 Å². The molecule has 0 amide bonds. The SMILES string of the molecule is CC(=O)O[C@H]1C[C@@]2(C)[C@@H](C[C@@H](O)[C@H]3[C@@]4(C)CC[C@@H](O)[C@@H](CN)[C@@H]4CC[C@@]32C)/C1=C(\C=C\C=C(C)C)C(C)=O. The van der Waals surface area contributed by atoms with Gasteiger partial charge < -0.3 is 20.7 Å². The standard InChI is InChI=1S/C32H49NO5/c1-18(2)9-8-10-21(19(3)34)28-24-15-26(37)29-30(5)13-12-25(36)22(17-33)23(30)11-14-31(29,6)32(24,7)16-27(28)38-20(4)35/h8-10,22-27,29,36-37H,11-17,33H2,1-7H3/b10-8+,28-21-/t22-,23-,24-,25+,26+,27-,29-,30-,31-,32-/m0/s1. The number of fused-ring (bicyclic) bond motifs is 5. The van der Waals surface area contributed by atoms with Gasteiger partial charge in [0.15, 0.2) is 5.78 Å². The Morgan fingerprint density at radius 3 is 2.29 bits per heavy atom. The summed E-state index contributed by atoms with van der Waals surface area (Å²) < 4.78 is 5.95. The van der Waals surface area contributed by atoms with Crippen molar-refractivity contribution in [1.82, 2.24) is 0 Å². The van der Waals surface area contributed by atoms with Crippen LogP contribution in [0.15, 0.2) is 34.9 Å². The van der Waals surface area contributed by atoms with Gasteiger partial charge in [-0.25, -0.2) is 0 Å². The normalized spacial score (nSPS) is 45.6. The fourth-order valence-corrected chi connectivity index (χ4v) is 9.73. The number of allylic oxidation sites excluding steroid dienone is 5. The van der Waals surface area contributed by atoms with Gasteiger partial charge in [0.25, 0.3) is 0 Å². The Balaban J connectivity index is 1.85. The number of ketones is 1. The Hall–Kier alpha value is -1.76. The molecule has 0 aliphatic heterocycles. The van der Waals surface area contributed by atoms with Crippen LogP contribution in [0.1, 0.15) is 87.0 Å². The molecule has 0 spiro atoms. The van der Waals surface area contributed by atoms with Gasteiger partial charge in [-0.3, -0.25) is 9.59 Å². The zero-order valence-electron chi connectivity index (χ0n) is 24.4. The molecule has 4 N–H and O–H groups in total. The molecular formula is C32H49NO5. The highest BCUT2D eigenvalue weighted by atomic mass is 16.5. The molecule has 0 aromatic carbocycles. The third-order valence-corrected chi connectivity index (χ3v) is 11.4. The minimum atomic E-state index is -0.555. The van der Waals surface area contributed by atoms with E-state index >= 15 is 0 Å². The van der Waals surface area contributed by atoms with Crippen LogP contribution in [0.25, 0.3) is 0 Å². The number of ether oxygens (including phenoxy) is 1. The minimum absolute atomic E-state index is 0.0378. The number of carbonyl (C=O) groups excluding carboxylic acids is 2. The van der Waals surface area contributed by atoms with Crippen molar-refractivity contribution in [3.8, 4) is 0 Å². The first-order valence-electron chi connectivity index (χ1n) is 14.5. The quantitative estimate of drug-likeness (QED) is 0.267. The van der Waals surface area contributed by atoms with Gasteiger partial charge in [-0.15, -0.1) is 0 Å². The fraction of sp³-hybridized carbons (Fsp3) is 0.750. The number of nitrogens with two attached hydrogens (primary N) is 1. The number of carbonyl (C=O) groups is 2. The molecule has 0 aromatic rings. The number of rotatable bonds is 5. The molecule has 212 valence electrons. The third-order valence-electron chi connectivity index (χ3n) is 11.4. The number of aliphatic hydroxyl groups is 2. The van der Waals surface area contributed by atoms with Gasteiger partial charge in [0.05, 0.1) is 12.2 Å². The molecule has 4 saturated carbocycles. The number of hydrogen-bond acceptors (Lipinski definition) is 6. The van der Waals surface area contributed by atoms with Gasteiger partial charge >= 0.3 is 5.97 Å². The molecule has 0 saturated heterocycles. The predicted molar refractivity (Wildman–Crippen MR) is 149 cm³/mol. The largest absolute Gasteiger partial charge is 0.458 e. The van der Waals surface area contributed by atoms with Crippen LogP contribution in [0.4, 0.5) is 0 Å². The summed E-state index contributed by atoms with van der Waals surface area (Å²) in [5.74, 6) is -0.118. The van der Waals surface area contributed by atoms with Gasteiger partial charge in [-0.2, -0.15) is 0 Å². The average Bonchev–Trinajstić information content (AvgIpc) is 3.08. The average molecular weight is 528 g/mol. The highest BCUT2D eigenvalue weighted by Crippen LogP contribution is 2.74. The van der Waals surface area contributed by atoms with Gasteiger partial charge in [0, 0.05) is 18.4 Å². The van der Waals surface area contributed by atoms with E-state index < -0.39 is 12.2 Å². The molecule has 6 nitrogen and oxygen atoms in total. The van der Waals surface area contributed by atoms with Crippen LogP contribution in [-0.4, -0.2) is 46.8 Å². The van der Waals surface area contributed by atoms with Gasteiger partial charge in [0.2, 0.25) is 0 Å². The van der Waals surface area contributed by atoms with Crippen molar-refractivity contribution < 1.29 is 24.5 Å². The van der Waals surface area contributed by atoms with Crippen molar-refractivity contribution in [2.45, 2.75) is 105 Å². The van der Waals surface area contributed by atoms with Crippen LogP contribution in [0.5, 0.6) is 0 Å². The van der Waals surface area contributed by atoms with E-state index in [9.17, 15) is 19.8 Å². The van der Waals surface area contributed by atoms with Crippen LogP contribution in [-0.2, 0) is 14.3 Å². The number of Topliss-reactive ketones (excluding diaryl/α,β-unsaturated/α-hetero) is 1. The molecule has 38 heavy (non-hydrogen) atoms. The smallest absolute Gasteiger partial charge is 0.303 e. The summed E-state index contributed by atoms with van der Waals surface area (Å²) in [6.45, 7) is 14.4. The Kier molecular flexibility index (Phi) is 7.95. The highest BCUT2D eigenvalue weighted by molar-refractivity contribution is 5.97. The van der Waals surface area contributed by atoms with Crippen molar-refractivity contribution >= 4 is 11.8 Å². The van der Waals surface area contributed by atoms with E-state index in [1.54, 1.807) is 6.92 Å². The van der Waals surface area contributed by atoms with Crippen LogP contribution in [0.2, 0.25) is 0 Å². The van der Waals surface area contributed by atoms with E-state index in [1.165, 1.54) is 6.92 Å². The van der Waals surface area contributed by atoms with Crippen LogP contribution >= 0.6 is 0 Å². The molecule has 0 heterocycles. The Bertz CT molecular complexity index is 1060. The first kappa shape index (κ1) is 29.2. The lowest BCUT2D eigenvalue weighted by molar-refractivity contribution is -0.234. The van der Waals surface area contributed by atoms with Crippen molar-refractivity contribution in [1.29, 1.82) is 0 Å². The molecular weight excluding hydrogens is 478 g/mol. The molecule has 0 radical (unpaired) electrons. The summed E-state index contributed by atoms with van der Waals surface area (Å²) in [6, 6.07) is 0. The Morgan fingerprint density at radius 2 is 1.71 bits per heavy atom. The molecule has 0 aromatic heterocycles. The summed E-state index contributed by atoms with van der Waals surface area (Å²) in [6.07, 6.45) is 8.92. The van der Waals surface area contributed by atoms with Crippen molar-refractivity contribution in [2.75, 3.05) is 6.54 Å². The van der Waals surface area contributed by atoms with Crippen LogP contribution < -0.4 is 5.73 Å². The molecule has 0 bridgehead atoms. The maximum absolute atomic E-state index is 13.0. The predicted octanol–water partition coefficient (Wildman–Crippen LogP) is 4.89. The summed E-state index contributed by atoms with van der Waals surface area (Å²) in [5.41, 5.74) is 8.16. The molecule has 0 unspecified atom stereocenters. The lowest BCUT2D eigenvalue weighted by Crippen LogP contribution is -2.66. The first-order valence-corrected chi connectivity index (χ1v) is 14.5. The summed E-state index contributed by atoms with van der Waals surface area (Å²) >= 11 is 0. The van der Waals surface area contributed by atoms with E-state index in [1.807, 2.05) is 32.1 Å². The molecule has 4 aliphatic carbocycles. The van der Waals surface area contributed by atoms with E-state index in [0.29, 0.717) is 31.4 Å². The fourth-order valence-electron chi connectivity index (χ4n) is 9.73. The Morgan fingerprint density at radius 1 is 1.03 bits per heavy atom. The van der Waals surface area contributed by atoms with Gasteiger partial charge in [0.1, 0.15) is 6.10 Å². The molecule has 4 rings (SSSR count). The monoisotopic (exact) mass is 527 g/mol. The number of esters is 1.